The van der Waals surface area contributed by atoms with Gasteiger partial charge in [0, 0.05) is 36.8 Å². The second-order valence-corrected chi connectivity index (χ2v) is 9.51. The first-order valence-corrected chi connectivity index (χ1v) is 12.4. The molecular weight excluding hydrogens is 501 g/mol. The van der Waals surface area contributed by atoms with Crippen LogP contribution in [0.15, 0.2) is 56.8 Å². The van der Waals surface area contributed by atoms with Gasteiger partial charge < -0.3 is 10.6 Å². The molecule has 1 saturated carbocycles. The van der Waals surface area contributed by atoms with Crippen molar-refractivity contribution in [2.45, 2.75) is 39.7 Å². The normalized spacial score (nSPS) is 12.6. The van der Waals surface area contributed by atoms with E-state index in [0.717, 1.165) is 0 Å². The first-order chi connectivity index (χ1) is 18.6. The van der Waals surface area contributed by atoms with E-state index in [4.69, 9.17) is 0 Å². The van der Waals surface area contributed by atoms with E-state index in [1.807, 2.05) is 0 Å². The molecule has 1 fully saturated rings. The van der Waals surface area contributed by atoms with Crippen LogP contribution in [0.1, 0.15) is 43.9 Å². The second kappa shape index (κ2) is 9.76. The van der Waals surface area contributed by atoms with Crippen LogP contribution >= 0.6 is 0 Å². The number of aryl methyl sites for hydroxylation is 1. The van der Waals surface area contributed by atoms with Crippen molar-refractivity contribution in [3.05, 3.63) is 90.6 Å². The third-order valence-electron chi connectivity index (χ3n) is 6.67. The number of nitrogens with one attached hydrogen (secondary N) is 2. The molecule has 0 aliphatic heterocycles. The number of amides is 1. The van der Waals surface area contributed by atoms with Crippen LogP contribution in [-0.4, -0.2) is 19.6 Å². The molecule has 0 saturated heterocycles. The number of halogens is 1. The third kappa shape index (κ3) is 4.52. The Labute approximate surface area is 222 Å². The summed E-state index contributed by atoms with van der Waals surface area (Å²) in [6.45, 7) is 4.56. The van der Waals surface area contributed by atoms with Gasteiger partial charge in [0.2, 0.25) is 5.91 Å². The highest BCUT2D eigenvalue weighted by molar-refractivity contribution is 5.94. The highest BCUT2D eigenvalue weighted by Gasteiger charge is 2.31. The van der Waals surface area contributed by atoms with Crippen molar-refractivity contribution in [2.24, 2.45) is 7.05 Å². The smallest absolute Gasteiger partial charge is 0.336 e. The molecule has 1 aliphatic carbocycles. The number of carbonyl (C=O) groups excluding carboxylic acids is 1. The van der Waals surface area contributed by atoms with Gasteiger partial charge in [0.05, 0.1) is 16.9 Å². The maximum absolute atomic E-state index is 15.1. The number of hydrogen-bond donors (Lipinski definition) is 2. The Kier molecular flexibility index (Phi) is 6.44. The molecule has 0 spiro atoms. The summed E-state index contributed by atoms with van der Waals surface area (Å²) < 4.78 is 18.8. The molecule has 0 radical (unpaired) electrons. The van der Waals surface area contributed by atoms with E-state index in [9.17, 15) is 19.2 Å². The highest BCUT2D eigenvalue weighted by atomic mass is 19.1. The van der Waals surface area contributed by atoms with E-state index >= 15 is 4.39 Å². The summed E-state index contributed by atoms with van der Waals surface area (Å²) in [5.74, 6) is 4.66. The Hall–Kier alpha value is -4.91. The zero-order valence-corrected chi connectivity index (χ0v) is 21.9. The van der Waals surface area contributed by atoms with Gasteiger partial charge in [-0.2, -0.15) is 0 Å². The lowest BCUT2D eigenvalue weighted by atomic mass is 10.1. The van der Waals surface area contributed by atoms with Gasteiger partial charge in [0.25, 0.3) is 11.1 Å². The van der Waals surface area contributed by atoms with Crippen LogP contribution < -0.4 is 27.4 Å². The van der Waals surface area contributed by atoms with Crippen LogP contribution in [0.25, 0.3) is 16.6 Å². The topological polar surface area (TPSA) is 107 Å². The molecule has 198 valence electrons. The van der Waals surface area contributed by atoms with Gasteiger partial charge in [-0.3, -0.25) is 28.1 Å². The lowest BCUT2D eigenvalue weighted by molar-refractivity contribution is -0.114. The fourth-order valence-corrected chi connectivity index (χ4v) is 4.75. The lowest BCUT2D eigenvalue weighted by Crippen LogP contribution is -2.41. The van der Waals surface area contributed by atoms with Crippen LogP contribution in [0.2, 0.25) is 0 Å². The van der Waals surface area contributed by atoms with Crippen molar-refractivity contribution in [3.8, 4) is 17.5 Å². The van der Waals surface area contributed by atoms with Crippen LogP contribution in [0, 0.1) is 24.6 Å². The Morgan fingerprint density at radius 2 is 1.82 bits per heavy atom. The number of carbonyl (C=O) groups is 1. The molecule has 10 heteroatoms. The molecule has 9 nitrogen and oxygen atoms in total. The van der Waals surface area contributed by atoms with Crippen LogP contribution in [0.5, 0.6) is 0 Å². The lowest BCUT2D eigenvalue weighted by Gasteiger charge is -2.21. The van der Waals surface area contributed by atoms with Crippen molar-refractivity contribution in [1.82, 2.24) is 13.7 Å². The largest absolute Gasteiger partial charge is 0.338 e. The summed E-state index contributed by atoms with van der Waals surface area (Å²) in [6, 6.07) is 10.7. The number of nitrogens with zero attached hydrogens (tertiary/aromatic N) is 3. The fraction of sp³-hybridized carbons (Fsp3) is 0.241. The minimum Gasteiger partial charge on any atom is -0.338 e. The Balaban J connectivity index is 1.86. The summed E-state index contributed by atoms with van der Waals surface area (Å²) in [4.78, 5) is 52.8. The molecule has 1 amide bonds. The maximum Gasteiger partial charge on any atom is 0.336 e. The molecule has 1 aliphatic rings. The molecule has 0 unspecified atom stereocenters. The number of rotatable bonds is 5. The number of benzene rings is 2. The predicted octanol–water partition coefficient (Wildman–Crippen LogP) is 3.71. The minimum atomic E-state index is -0.615. The summed E-state index contributed by atoms with van der Waals surface area (Å²) in [5, 5.41) is 5.70. The average molecular weight is 528 g/mol. The molecule has 2 heterocycles. The molecule has 2 N–H and O–H groups in total. The predicted molar refractivity (Wildman–Crippen MR) is 149 cm³/mol. The molecule has 5 rings (SSSR count). The van der Waals surface area contributed by atoms with Crippen LogP contribution in [0.3, 0.4) is 0 Å². The monoisotopic (exact) mass is 527 g/mol. The maximum atomic E-state index is 15.1. The summed E-state index contributed by atoms with van der Waals surface area (Å²) in [7, 11) is 1.49. The van der Waals surface area contributed by atoms with E-state index in [1.54, 1.807) is 44.2 Å². The number of anilines is 3. The molecule has 4 aromatic rings. The molecule has 2 aromatic carbocycles. The van der Waals surface area contributed by atoms with Crippen molar-refractivity contribution in [1.29, 1.82) is 0 Å². The summed E-state index contributed by atoms with van der Waals surface area (Å²) >= 11 is 0. The Bertz CT molecular complexity index is 1920. The Morgan fingerprint density at radius 1 is 1.08 bits per heavy atom. The average Bonchev–Trinajstić information content (AvgIpc) is 3.72. The van der Waals surface area contributed by atoms with Crippen molar-refractivity contribution < 1.29 is 9.18 Å². The van der Waals surface area contributed by atoms with Gasteiger partial charge in [0.15, 0.2) is 0 Å². The SMILES string of the molecule is CC#Cc1ccc(Nc2c3c(=O)n(C4CC4)c(=O)n(-c4cccc(NC(C)=O)c4)c3c(C)c(=O)n2C)c(F)c1. The number of pyridine rings is 1. The number of fused-ring (bicyclic) bond motifs is 1. The second-order valence-electron chi connectivity index (χ2n) is 9.51. The van der Waals surface area contributed by atoms with Crippen molar-refractivity contribution in [2.75, 3.05) is 10.6 Å². The quantitative estimate of drug-likeness (QED) is 0.385. The highest BCUT2D eigenvalue weighted by Crippen LogP contribution is 2.34. The van der Waals surface area contributed by atoms with Gasteiger partial charge in [0.1, 0.15) is 17.0 Å². The van der Waals surface area contributed by atoms with E-state index in [-0.39, 0.29) is 39.9 Å². The van der Waals surface area contributed by atoms with E-state index in [2.05, 4.69) is 22.5 Å². The first-order valence-electron chi connectivity index (χ1n) is 12.4. The van der Waals surface area contributed by atoms with Gasteiger partial charge in [-0.1, -0.05) is 12.0 Å². The molecule has 0 bridgehead atoms. The van der Waals surface area contributed by atoms with Crippen LogP contribution in [-0.2, 0) is 11.8 Å². The first kappa shape index (κ1) is 25.7. The molecule has 39 heavy (non-hydrogen) atoms. The third-order valence-corrected chi connectivity index (χ3v) is 6.67. The summed E-state index contributed by atoms with van der Waals surface area (Å²) in [6.07, 6.45) is 1.32. The minimum absolute atomic E-state index is 0.0413. The van der Waals surface area contributed by atoms with Gasteiger partial charge >= 0.3 is 5.69 Å². The molecular formula is C29H26FN5O4. The molecule has 0 atom stereocenters. The van der Waals surface area contributed by atoms with E-state index < -0.39 is 22.6 Å². The summed E-state index contributed by atoms with van der Waals surface area (Å²) in [5.41, 5.74) is -0.00767. The van der Waals surface area contributed by atoms with Gasteiger partial charge in [-0.25, -0.2) is 9.18 Å². The van der Waals surface area contributed by atoms with E-state index in [0.29, 0.717) is 29.8 Å². The van der Waals surface area contributed by atoms with Gasteiger partial charge in [-0.05, 0) is 63.1 Å². The zero-order chi connectivity index (χ0) is 28.0. The van der Waals surface area contributed by atoms with Crippen molar-refractivity contribution in [3.63, 3.8) is 0 Å². The Morgan fingerprint density at radius 3 is 2.46 bits per heavy atom. The number of hydrogen-bond acceptors (Lipinski definition) is 5. The van der Waals surface area contributed by atoms with E-state index in [1.165, 1.54) is 39.8 Å². The fourth-order valence-electron chi connectivity index (χ4n) is 4.75. The van der Waals surface area contributed by atoms with Crippen LogP contribution in [0.4, 0.5) is 21.6 Å². The van der Waals surface area contributed by atoms with Gasteiger partial charge in [-0.15, -0.1) is 5.92 Å². The standard InChI is InChI=1S/C29H26FN5O4/c1-5-7-18-10-13-23(22(30)14-18)32-26-24-25(16(2)27(37)33(26)4)34(29(39)35(28(24)38)20-11-12-20)21-9-6-8-19(15-21)31-17(3)36/h6,8-10,13-15,20,32H,11-12H2,1-4H3,(H,31,36). The van der Waals surface area contributed by atoms with Crippen molar-refractivity contribution >= 4 is 34.0 Å². The zero-order valence-electron chi connectivity index (χ0n) is 21.9. The molecule has 2 aromatic heterocycles. The number of aromatic nitrogens is 3.